The van der Waals surface area contributed by atoms with Crippen LogP contribution in [0, 0.1) is 12.7 Å². The molecule has 5 nitrogen and oxygen atoms in total. The molecule has 3 rings (SSSR count). The van der Waals surface area contributed by atoms with Crippen LogP contribution in [0.15, 0.2) is 48.5 Å². The number of aryl methyl sites for hydroxylation is 1. The van der Waals surface area contributed by atoms with Crippen LogP contribution >= 0.6 is 11.6 Å². The monoisotopic (exact) mass is 386 g/mol. The fourth-order valence-electron chi connectivity index (χ4n) is 2.42. The van der Waals surface area contributed by atoms with Gasteiger partial charge in [-0.15, -0.1) is 0 Å². The maximum Gasteiger partial charge on any atom is 0.338 e. The van der Waals surface area contributed by atoms with Crippen molar-refractivity contribution < 1.29 is 18.7 Å². The lowest BCUT2D eigenvalue weighted by atomic mass is 10.1. The lowest BCUT2D eigenvalue weighted by molar-refractivity contribution is -0.123. The fraction of sp³-hybridized carbons (Fsp3) is 0.150. The van der Waals surface area contributed by atoms with Gasteiger partial charge in [0, 0.05) is 11.1 Å². The highest BCUT2D eigenvalue weighted by Crippen LogP contribution is 2.18. The van der Waals surface area contributed by atoms with Gasteiger partial charge in [-0.25, -0.2) is 14.2 Å². The summed E-state index contributed by atoms with van der Waals surface area (Å²) in [6.45, 7) is 3.07. The number of anilines is 1. The van der Waals surface area contributed by atoms with Gasteiger partial charge in [-0.1, -0.05) is 17.7 Å². The first-order valence-electron chi connectivity index (χ1n) is 8.18. The molecule has 7 heteroatoms. The maximum atomic E-state index is 13.6. The molecule has 0 saturated carbocycles. The Hall–Kier alpha value is -2.99. The molecule has 1 heterocycles. The van der Waals surface area contributed by atoms with E-state index >= 15 is 0 Å². The molecule has 0 bridgehead atoms. The van der Waals surface area contributed by atoms with Crippen LogP contribution in [0.1, 0.15) is 22.8 Å². The third-order valence-electron chi connectivity index (χ3n) is 3.98. The normalized spacial score (nSPS) is 11.9. The van der Waals surface area contributed by atoms with Crippen molar-refractivity contribution in [2.45, 2.75) is 20.0 Å². The Bertz CT molecular complexity index is 1040. The molecule has 0 fully saturated rings. The number of halogens is 2. The summed E-state index contributed by atoms with van der Waals surface area (Å²) in [4.78, 5) is 28.6. The van der Waals surface area contributed by atoms with E-state index in [0.717, 1.165) is 5.39 Å². The van der Waals surface area contributed by atoms with Crippen LogP contribution < -0.4 is 5.32 Å². The number of carbonyl (C=O) groups excluding carboxylic acids is 2. The average molecular weight is 387 g/mol. The topological polar surface area (TPSA) is 68.3 Å². The Morgan fingerprint density at radius 3 is 2.67 bits per heavy atom. The summed E-state index contributed by atoms with van der Waals surface area (Å²) < 4.78 is 18.8. The molecule has 3 aromatic rings. The van der Waals surface area contributed by atoms with Crippen molar-refractivity contribution in [3.63, 3.8) is 0 Å². The zero-order valence-corrected chi connectivity index (χ0v) is 15.4. The van der Waals surface area contributed by atoms with E-state index in [1.54, 1.807) is 49.4 Å². The summed E-state index contributed by atoms with van der Waals surface area (Å²) >= 11 is 5.84. The minimum Gasteiger partial charge on any atom is -0.449 e. The van der Waals surface area contributed by atoms with Crippen molar-refractivity contribution in [3.05, 3.63) is 70.6 Å². The first-order valence-corrected chi connectivity index (χ1v) is 8.55. The largest absolute Gasteiger partial charge is 0.449 e. The second-order valence-electron chi connectivity index (χ2n) is 6.04. The van der Waals surface area contributed by atoms with E-state index < -0.39 is 23.8 Å². The second kappa shape index (κ2) is 7.72. The van der Waals surface area contributed by atoms with Crippen LogP contribution in [0.25, 0.3) is 10.9 Å². The zero-order valence-electron chi connectivity index (χ0n) is 14.6. The zero-order chi connectivity index (χ0) is 19.6. The molecule has 2 aromatic carbocycles. The quantitative estimate of drug-likeness (QED) is 0.528. The number of rotatable bonds is 4. The Kier molecular flexibility index (Phi) is 5.37. The van der Waals surface area contributed by atoms with E-state index in [9.17, 15) is 14.0 Å². The Labute approximate surface area is 160 Å². The van der Waals surface area contributed by atoms with Crippen LogP contribution in [0.5, 0.6) is 0 Å². The highest BCUT2D eigenvalue weighted by Gasteiger charge is 2.19. The van der Waals surface area contributed by atoms with E-state index in [2.05, 4.69) is 10.3 Å². The summed E-state index contributed by atoms with van der Waals surface area (Å²) in [5.74, 6) is -1.63. The van der Waals surface area contributed by atoms with Gasteiger partial charge in [0.2, 0.25) is 0 Å². The Morgan fingerprint density at radius 2 is 1.93 bits per heavy atom. The molecule has 0 aliphatic carbocycles. The van der Waals surface area contributed by atoms with Gasteiger partial charge in [0.15, 0.2) is 6.10 Å². The summed E-state index contributed by atoms with van der Waals surface area (Å²) in [6, 6.07) is 12.5. The molecule has 1 atom stereocenters. The van der Waals surface area contributed by atoms with Crippen LogP contribution in [-0.4, -0.2) is 23.0 Å². The molecule has 0 radical (unpaired) electrons. The average Bonchev–Trinajstić information content (AvgIpc) is 2.64. The van der Waals surface area contributed by atoms with Crippen molar-refractivity contribution in [1.29, 1.82) is 0 Å². The summed E-state index contributed by atoms with van der Waals surface area (Å²) in [7, 11) is 0. The van der Waals surface area contributed by atoms with Gasteiger partial charge in [0.05, 0.1) is 11.1 Å². The molecule has 1 aromatic heterocycles. The Morgan fingerprint density at radius 1 is 1.15 bits per heavy atom. The number of amides is 1. The van der Waals surface area contributed by atoms with Crippen molar-refractivity contribution in [2.24, 2.45) is 0 Å². The number of ether oxygens (including phenoxy) is 1. The van der Waals surface area contributed by atoms with Crippen molar-refractivity contribution >= 4 is 40.1 Å². The first-order chi connectivity index (χ1) is 12.8. The van der Waals surface area contributed by atoms with Gasteiger partial charge in [0.25, 0.3) is 5.91 Å². The highest BCUT2D eigenvalue weighted by molar-refractivity contribution is 6.29. The molecule has 0 spiro atoms. The third kappa shape index (κ3) is 4.41. The number of benzene rings is 2. The van der Waals surface area contributed by atoms with E-state index in [-0.39, 0.29) is 5.56 Å². The van der Waals surface area contributed by atoms with Crippen LogP contribution in [-0.2, 0) is 9.53 Å². The number of nitrogens with zero attached hydrogens (tertiary/aromatic N) is 1. The molecule has 0 aliphatic rings. The molecular weight excluding hydrogens is 371 g/mol. The maximum absolute atomic E-state index is 13.6. The standard InChI is InChI=1S/C20H16ClFN2O3/c1-11-3-6-15(10-16(11)22)23-19(25)12(2)27-20(26)14-4-7-17-13(9-14)5-8-18(21)24-17/h3-10,12H,1-2H3,(H,23,25). The van der Waals surface area contributed by atoms with Gasteiger partial charge in [0.1, 0.15) is 11.0 Å². The van der Waals surface area contributed by atoms with Crippen LogP contribution in [0.3, 0.4) is 0 Å². The van der Waals surface area contributed by atoms with E-state index in [4.69, 9.17) is 16.3 Å². The minimum atomic E-state index is -1.05. The van der Waals surface area contributed by atoms with Gasteiger partial charge < -0.3 is 10.1 Å². The Balaban J connectivity index is 1.68. The number of esters is 1. The number of nitrogens with one attached hydrogen (secondary N) is 1. The molecular formula is C20H16ClFN2O3. The van der Waals surface area contributed by atoms with Gasteiger partial charge >= 0.3 is 5.97 Å². The summed E-state index contributed by atoms with van der Waals surface area (Å²) in [5, 5.41) is 3.60. The molecule has 1 amide bonds. The van der Waals surface area contributed by atoms with Gasteiger partial charge in [-0.2, -0.15) is 0 Å². The third-order valence-corrected chi connectivity index (χ3v) is 4.19. The van der Waals surface area contributed by atoms with Gasteiger partial charge in [-0.05, 0) is 61.9 Å². The fourth-order valence-corrected chi connectivity index (χ4v) is 2.58. The number of aromatic nitrogens is 1. The molecule has 0 aliphatic heterocycles. The number of carbonyl (C=O) groups is 2. The number of pyridine rings is 1. The van der Waals surface area contributed by atoms with Crippen LogP contribution in [0.2, 0.25) is 5.15 Å². The first kappa shape index (κ1) is 18.8. The smallest absolute Gasteiger partial charge is 0.338 e. The lowest BCUT2D eigenvalue weighted by Crippen LogP contribution is -2.30. The molecule has 138 valence electrons. The predicted molar refractivity (Wildman–Crippen MR) is 101 cm³/mol. The van der Waals surface area contributed by atoms with E-state index in [1.807, 2.05) is 0 Å². The van der Waals surface area contributed by atoms with Crippen molar-refractivity contribution in [2.75, 3.05) is 5.32 Å². The lowest BCUT2D eigenvalue weighted by Gasteiger charge is -2.14. The minimum absolute atomic E-state index is 0.285. The number of hydrogen-bond donors (Lipinski definition) is 1. The summed E-state index contributed by atoms with van der Waals surface area (Å²) in [6.07, 6.45) is -1.05. The van der Waals surface area contributed by atoms with Crippen LogP contribution in [0.4, 0.5) is 10.1 Å². The molecule has 0 saturated heterocycles. The van der Waals surface area contributed by atoms with E-state index in [0.29, 0.717) is 21.9 Å². The molecule has 1 N–H and O–H groups in total. The summed E-state index contributed by atoms with van der Waals surface area (Å²) in [5.41, 5.74) is 1.69. The highest BCUT2D eigenvalue weighted by atomic mass is 35.5. The SMILES string of the molecule is Cc1ccc(NC(=O)C(C)OC(=O)c2ccc3nc(Cl)ccc3c2)cc1F. The van der Waals surface area contributed by atoms with Crippen molar-refractivity contribution in [1.82, 2.24) is 4.98 Å². The molecule has 1 unspecified atom stereocenters. The second-order valence-corrected chi connectivity index (χ2v) is 6.43. The van der Waals surface area contributed by atoms with Crippen molar-refractivity contribution in [3.8, 4) is 0 Å². The predicted octanol–water partition coefficient (Wildman–Crippen LogP) is 4.52. The molecule has 27 heavy (non-hydrogen) atoms. The van der Waals surface area contributed by atoms with E-state index in [1.165, 1.54) is 13.0 Å². The number of hydrogen-bond acceptors (Lipinski definition) is 4. The number of fused-ring (bicyclic) bond motifs is 1. The van der Waals surface area contributed by atoms with Gasteiger partial charge in [-0.3, -0.25) is 4.79 Å².